The number of rotatable bonds is 12. The first-order chi connectivity index (χ1) is 24.3. The van der Waals surface area contributed by atoms with E-state index >= 15 is 0 Å². The molecule has 0 bridgehead atoms. The Balaban J connectivity index is 1.40. The Morgan fingerprint density at radius 1 is 1.03 bits per heavy atom. The predicted octanol–water partition coefficient (Wildman–Crippen LogP) is 6.71. The Morgan fingerprint density at radius 2 is 1.76 bits per heavy atom. The summed E-state index contributed by atoms with van der Waals surface area (Å²) in [5.74, 6) is -5.00. The summed E-state index contributed by atoms with van der Waals surface area (Å²) in [4.78, 5) is 25.6. The smallest absolute Gasteiger partial charge is 0.338 e. The highest BCUT2D eigenvalue weighted by atomic mass is 16.7. The maximum Gasteiger partial charge on any atom is 0.338 e. The molecule has 204 valence electrons. The lowest BCUT2D eigenvalue weighted by atomic mass is 9.86. The van der Waals surface area contributed by atoms with E-state index in [1.807, 2.05) is 30.3 Å². The van der Waals surface area contributed by atoms with Gasteiger partial charge in [0.15, 0.2) is 5.79 Å². The van der Waals surface area contributed by atoms with E-state index in [0.717, 1.165) is 11.1 Å². The monoisotopic (exact) mass is 535 g/mol. The number of fused-ring (bicyclic) bond motifs is 1. The van der Waals surface area contributed by atoms with E-state index in [2.05, 4.69) is 0 Å². The molecule has 0 unspecified atom stereocenters. The minimum Gasteiger partial charge on any atom is -0.462 e. The first kappa shape index (κ1) is 14.1. The quantitative estimate of drug-likeness (QED) is 0.281. The Bertz CT molecular complexity index is 1660. The van der Waals surface area contributed by atoms with Gasteiger partial charge in [-0.1, -0.05) is 74.8 Å². The highest BCUT2D eigenvalue weighted by molar-refractivity contribution is 5.90. The zero-order valence-corrected chi connectivity index (χ0v) is 20.7. The summed E-state index contributed by atoms with van der Waals surface area (Å²) in [6.07, 6.45) is -26.7. The Labute approximate surface area is 247 Å². The molecule has 2 saturated heterocycles. The average Bonchev–Trinajstić information content (AvgIpc) is 3.78. The van der Waals surface area contributed by atoms with Crippen molar-refractivity contribution in [2.45, 2.75) is 88.8 Å². The summed E-state index contributed by atoms with van der Waals surface area (Å²) in [7, 11) is 0. The topological polar surface area (TPSA) is 71.1 Å². The van der Waals surface area contributed by atoms with Crippen molar-refractivity contribution in [3.05, 3.63) is 60.2 Å². The molecule has 38 heavy (non-hydrogen) atoms. The van der Waals surface area contributed by atoms with Crippen LogP contribution < -0.4 is 0 Å². The van der Waals surface area contributed by atoms with Gasteiger partial charge < -0.3 is 18.9 Å². The molecule has 2 aromatic carbocycles. The van der Waals surface area contributed by atoms with Crippen LogP contribution in [0.3, 0.4) is 0 Å². The number of benzene rings is 2. The van der Waals surface area contributed by atoms with Crippen LogP contribution in [0.5, 0.6) is 0 Å². The second kappa shape index (κ2) is 12.4. The molecule has 0 aromatic heterocycles. The maximum absolute atomic E-state index is 13.4. The van der Waals surface area contributed by atoms with Crippen LogP contribution in [0, 0.1) is 11.8 Å². The molecule has 6 heteroatoms. The number of ether oxygens (including phenoxy) is 4. The summed E-state index contributed by atoms with van der Waals surface area (Å²) < 4.78 is 146. The first-order valence-electron chi connectivity index (χ1n) is 20.1. The highest BCUT2D eigenvalue weighted by Gasteiger charge is 2.52. The second-order valence-corrected chi connectivity index (χ2v) is 9.42. The molecule has 2 heterocycles. The van der Waals surface area contributed by atoms with Crippen LogP contribution in [0.2, 0.25) is 0 Å². The molecule has 3 fully saturated rings. The molecule has 0 radical (unpaired) electrons. The Morgan fingerprint density at radius 3 is 2.53 bits per heavy atom. The SMILES string of the molecule is [2H]C([2H])([2H])C([2H])([2H])C([2H])([2H])C([2H])([2H])C([2H])([2H])C([2H])([2H])C([2H])([2H])C1(CC[C@@H]2[C@H]3CC(=O)O[C@H]3C[C@H]2OC(=O)c2ccc(-c3ccccc3)cc2)OCCO1. The molecule has 0 amide bonds. The van der Waals surface area contributed by atoms with E-state index in [1.165, 1.54) is 0 Å². The van der Waals surface area contributed by atoms with Crippen molar-refractivity contribution in [1.82, 2.24) is 0 Å². The van der Waals surface area contributed by atoms with Gasteiger partial charge in [-0.2, -0.15) is 0 Å². The van der Waals surface area contributed by atoms with Crippen LogP contribution >= 0.6 is 0 Å². The van der Waals surface area contributed by atoms with Crippen molar-refractivity contribution in [2.75, 3.05) is 13.2 Å². The molecular formula is C32H40O6. The van der Waals surface area contributed by atoms with Gasteiger partial charge in [-0.25, -0.2) is 4.79 Å². The number of hydrogen-bond acceptors (Lipinski definition) is 6. The number of carbonyl (C=O) groups is 2. The van der Waals surface area contributed by atoms with Crippen LogP contribution in [-0.4, -0.2) is 43.1 Å². The molecule has 0 spiro atoms. The summed E-state index contributed by atoms with van der Waals surface area (Å²) in [6.45, 7) is -4.42. The van der Waals surface area contributed by atoms with Gasteiger partial charge in [0, 0.05) is 51.6 Å². The lowest BCUT2D eigenvalue weighted by Crippen LogP contribution is -2.33. The zero-order valence-electron chi connectivity index (χ0n) is 35.7. The van der Waals surface area contributed by atoms with Gasteiger partial charge >= 0.3 is 11.9 Å². The molecule has 6 nitrogen and oxygen atoms in total. The molecular weight excluding hydrogens is 480 g/mol. The van der Waals surface area contributed by atoms with Crippen LogP contribution in [-0.2, 0) is 23.7 Å². The second-order valence-electron chi connectivity index (χ2n) is 9.42. The third-order valence-corrected chi connectivity index (χ3v) is 7.20. The van der Waals surface area contributed by atoms with Gasteiger partial charge in [0.25, 0.3) is 0 Å². The Hall–Kier alpha value is -2.70. The average molecular weight is 536 g/mol. The van der Waals surface area contributed by atoms with E-state index in [-0.39, 0.29) is 38.0 Å². The lowest BCUT2D eigenvalue weighted by Gasteiger charge is -2.31. The van der Waals surface area contributed by atoms with Crippen LogP contribution in [0.4, 0.5) is 0 Å². The van der Waals surface area contributed by atoms with Crippen molar-refractivity contribution in [3.8, 4) is 11.1 Å². The first-order valence-corrected chi connectivity index (χ1v) is 12.6. The fourth-order valence-corrected chi connectivity index (χ4v) is 5.44. The van der Waals surface area contributed by atoms with Gasteiger partial charge in [-0.3, -0.25) is 4.79 Å². The molecule has 1 saturated carbocycles. The third kappa shape index (κ3) is 6.29. The van der Waals surface area contributed by atoms with Crippen LogP contribution in [0.25, 0.3) is 11.1 Å². The molecule has 2 aromatic rings. The molecule has 5 rings (SSSR count). The maximum atomic E-state index is 13.4. The normalized spacial score (nSPS) is 34.2. The summed E-state index contributed by atoms with van der Waals surface area (Å²) >= 11 is 0. The van der Waals surface area contributed by atoms with Gasteiger partial charge in [0.1, 0.15) is 12.2 Å². The van der Waals surface area contributed by atoms with Gasteiger partial charge in [-0.05, 0) is 36.1 Å². The van der Waals surface area contributed by atoms with Gasteiger partial charge in [0.2, 0.25) is 0 Å². The number of esters is 2. The van der Waals surface area contributed by atoms with Crippen molar-refractivity contribution in [2.24, 2.45) is 11.8 Å². The number of carbonyl (C=O) groups excluding carboxylic acids is 2. The zero-order chi connectivity index (χ0) is 39.6. The van der Waals surface area contributed by atoms with Gasteiger partial charge in [-0.15, -0.1) is 0 Å². The minimum atomic E-state index is -4.30. The van der Waals surface area contributed by atoms with Gasteiger partial charge in [0.05, 0.1) is 25.2 Å². The third-order valence-electron chi connectivity index (χ3n) is 7.20. The van der Waals surface area contributed by atoms with E-state index in [0.29, 0.717) is 0 Å². The van der Waals surface area contributed by atoms with Crippen LogP contribution in [0.15, 0.2) is 54.6 Å². The molecule has 1 aliphatic carbocycles. The highest BCUT2D eigenvalue weighted by Crippen LogP contribution is 2.46. The largest absolute Gasteiger partial charge is 0.462 e. The number of hydrogen-bond donors (Lipinski definition) is 0. The van der Waals surface area contributed by atoms with E-state index in [9.17, 15) is 9.59 Å². The molecule has 4 atom stereocenters. The summed E-state index contributed by atoms with van der Waals surface area (Å²) in [5.41, 5.74) is 2.04. The fraction of sp³-hybridized carbons (Fsp3) is 0.562. The molecule has 2 aliphatic heterocycles. The fourth-order valence-electron chi connectivity index (χ4n) is 5.44. The standard InChI is InChI=1S/C32H40O6/c1-2-3-4-5-9-17-32(35-19-20-36-32)18-16-26-27-21-30(33)37-29(27)22-28(26)38-31(34)25-14-12-24(13-15-25)23-10-7-6-8-11-23/h6-8,10-15,26-29H,2-5,9,16-22H2,1H3/t26-,27-,28-,29+/m1/s1/i1D3,2D2,3D2,4D2,5D2,9D2,17D2. The molecule has 3 aliphatic rings. The summed E-state index contributed by atoms with van der Waals surface area (Å²) in [5, 5.41) is 0. The van der Waals surface area contributed by atoms with Crippen molar-refractivity contribution >= 4 is 11.9 Å². The summed E-state index contributed by atoms with van der Waals surface area (Å²) in [6, 6.07) is 16.2. The van der Waals surface area contributed by atoms with E-state index in [4.69, 9.17) is 39.5 Å². The van der Waals surface area contributed by atoms with Crippen molar-refractivity contribution in [3.63, 3.8) is 0 Å². The van der Waals surface area contributed by atoms with Crippen LogP contribution in [0.1, 0.15) is 102 Å². The van der Waals surface area contributed by atoms with E-state index < -0.39 is 93.3 Å². The van der Waals surface area contributed by atoms with Crippen molar-refractivity contribution in [1.29, 1.82) is 0 Å². The Kier molecular flexibility index (Phi) is 4.61. The van der Waals surface area contributed by atoms with Crippen molar-refractivity contribution < 1.29 is 49.1 Å². The predicted molar refractivity (Wildman–Crippen MR) is 144 cm³/mol. The lowest BCUT2D eigenvalue weighted by molar-refractivity contribution is -0.171. The minimum absolute atomic E-state index is 0.0546. The molecule has 0 N–H and O–H groups in total. The van der Waals surface area contributed by atoms with E-state index in [1.54, 1.807) is 24.3 Å².